The van der Waals surface area contributed by atoms with Crippen LogP contribution < -0.4 is 4.74 Å². The zero-order chi connectivity index (χ0) is 20.6. The lowest BCUT2D eigenvalue weighted by molar-refractivity contribution is 0.202. The van der Waals surface area contributed by atoms with Crippen molar-refractivity contribution in [2.75, 3.05) is 13.2 Å². The van der Waals surface area contributed by atoms with Crippen LogP contribution >= 0.6 is 0 Å². The number of benzene rings is 1. The van der Waals surface area contributed by atoms with Crippen molar-refractivity contribution in [1.82, 2.24) is 0 Å². The molecule has 2 heteroatoms. The number of aryl methyl sites for hydroxylation is 1. The second-order valence-corrected chi connectivity index (χ2v) is 8.98. The molecule has 0 saturated carbocycles. The van der Waals surface area contributed by atoms with Crippen LogP contribution in [0.1, 0.15) is 103 Å². The monoisotopic (exact) mass is 400 g/mol. The topological polar surface area (TPSA) is 21.8 Å². The number of ether oxygens (including phenoxy) is 2. The van der Waals surface area contributed by atoms with Gasteiger partial charge in [-0.1, -0.05) is 89.0 Å². The van der Waals surface area contributed by atoms with E-state index < -0.39 is 0 Å². The average molecular weight is 401 g/mol. The van der Waals surface area contributed by atoms with E-state index in [9.17, 15) is 0 Å². The summed E-state index contributed by atoms with van der Waals surface area (Å²) < 4.78 is 11.3. The number of hydrogen-bond donors (Lipinski definition) is 0. The molecule has 0 spiro atoms. The third-order valence-electron chi connectivity index (χ3n) is 5.82. The molecule has 1 aliphatic rings. The highest BCUT2D eigenvalue weighted by atomic mass is 16.6. The number of allylic oxidation sites excluding steroid dienone is 2. The fourth-order valence-corrected chi connectivity index (χ4v) is 3.70. The van der Waals surface area contributed by atoms with E-state index >= 15 is 0 Å². The summed E-state index contributed by atoms with van der Waals surface area (Å²) in [6, 6.07) is 8.59. The van der Waals surface area contributed by atoms with Crippen LogP contribution in [-0.4, -0.2) is 18.8 Å². The SMILES string of the molecule is CC/C=C/CCCCCCCCCCCCCc1cccc(OCC2(C)CO2)c1. The molecule has 2 nitrogen and oxygen atoms in total. The van der Waals surface area contributed by atoms with Crippen LogP contribution in [0.3, 0.4) is 0 Å². The van der Waals surface area contributed by atoms with Crippen molar-refractivity contribution >= 4 is 0 Å². The lowest BCUT2D eigenvalue weighted by atomic mass is 10.0. The van der Waals surface area contributed by atoms with Crippen LogP contribution in [0.15, 0.2) is 36.4 Å². The van der Waals surface area contributed by atoms with Gasteiger partial charge in [-0.15, -0.1) is 0 Å². The Morgan fingerprint density at radius 2 is 1.52 bits per heavy atom. The Morgan fingerprint density at radius 3 is 2.14 bits per heavy atom. The summed E-state index contributed by atoms with van der Waals surface area (Å²) in [5.41, 5.74) is 1.36. The van der Waals surface area contributed by atoms with Gasteiger partial charge >= 0.3 is 0 Å². The summed E-state index contributed by atoms with van der Waals surface area (Å²) in [6.45, 7) is 5.79. The molecular weight excluding hydrogens is 356 g/mol. The van der Waals surface area contributed by atoms with Crippen molar-refractivity contribution in [3.8, 4) is 5.75 Å². The standard InChI is InChI=1S/C27H44O2/c1-3-4-5-6-7-8-9-10-11-12-13-14-15-16-17-19-25-20-18-21-26(22-25)28-23-27(2)24-29-27/h4-5,18,20-22H,3,6-17,19,23-24H2,1-2H3/b5-4+. The molecule has 0 aromatic heterocycles. The van der Waals surface area contributed by atoms with Gasteiger partial charge in [0.2, 0.25) is 0 Å². The Hall–Kier alpha value is -1.28. The van der Waals surface area contributed by atoms with Crippen molar-refractivity contribution in [3.05, 3.63) is 42.0 Å². The molecule has 1 aliphatic heterocycles. The van der Waals surface area contributed by atoms with Gasteiger partial charge in [0.1, 0.15) is 18.0 Å². The van der Waals surface area contributed by atoms with Gasteiger partial charge in [0.15, 0.2) is 0 Å². The minimum Gasteiger partial charge on any atom is -0.490 e. The summed E-state index contributed by atoms with van der Waals surface area (Å²) in [4.78, 5) is 0. The zero-order valence-corrected chi connectivity index (χ0v) is 19.1. The first-order chi connectivity index (χ1) is 14.2. The van der Waals surface area contributed by atoms with E-state index in [-0.39, 0.29) is 5.60 Å². The van der Waals surface area contributed by atoms with E-state index in [1.807, 2.05) is 0 Å². The van der Waals surface area contributed by atoms with Crippen LogP contribution in [0.5, 0.6) is 5.75 Å². The smallest absolute Gasteiger partial charge is 0.123 e. The summed E-state index contributed by atoms with van der Waals surface area (Å²) in [5, 5.41) is 0. The van der Waals surface area contributed by atoms with Crippen molar-refractivity contribution in [2.24, 2.45) is 0 Å². The van der Waals surface area contributed by atoms with Gasteiger partial charge in [-0.05, 0) is 56.7 Å². The molecule has 0 amide bonds. The first-order valence-electron chi connectivity index (χ1n) is 12.2. The third kappa shape index (κ3) is 12.1. The maximum Gasteiger partial charge on any atom is 0.123 e. The van der Waals surface area contributed by atoms with Gasteiger partial charge in [-0.2, -0.15) is 0 Å². The van der Waals surface area contributed by atoms with Crippen LogP contribution in [0.4, 0.5) is 0 Å². The van der Waals surface area contributed by atoms with Gasteiger partial charge in [0, 0.05) is 0 Å². The molecule has 1 aromatic rings. The van der Waals surface area contributed by atoms with Crippen molar-refractivity contribution in [2.45, 2.75) is 109 Å². The maximum absolute atomic E-state index is 5.87. The first kappa shape index (κ1) is 24.0. The van der Waals surface area contributed by atoms with E-state index in [4.69, 9.17) is 9.47 Å². The van der Waals surface area contributed by atoms with Gasteiger partial charge in [-0.3, -0.25) is 0 Å². The van der Waals surface area contributed by atoms with Gasteiger partial charge < -0.3 is 9.47 Å². The molecule has 2 rings (SSSR count). The molecule has 0 radical (unpaired) electrons. The second kappa shape index (κ2) is 14.7. The van der Waals surface area contributed by atoms with E-state index in [2.05, 4.69) is 50.3 Å². The molecule has 164 valence electrons. The Labute approximate surface area is 180 Å². The highest BCUT2D eigenvalue weighted by Crippen LogP contribution is 2.27. The molecule has 1 atom stereocenters. The fourth-order valence-electron chi connectivity index (χ4n) is 3.70. The zero-order valence-electron chi connectivity index (χ0n) is 19.1. The lowest BCUT2D eigenvalue weighted by Gasteiger charge is -2.10. The Bertz CT molecular complexity index is 559. The third-order valence-corrected chi connectivity index (χ3v) is 5.82. The minimum atomic E-state index is -0.0398. The summed E-state index contributed by atoms with van der Waals surface area (Å²) in [5.74, 6) is 0.983. The molecule has 0 aliphatic carbocycles. The molecule has 1 unspecified atom stereocenters. The number of rotatable bonds is 18. The predicted molar refractivity (Wildman–Crippen MR) is 125 cm³/mol. The van der Waals surface area contributed by atoms with Gasteiger partial charge in [-0.25, -0.2) is 0 Å². The predicted octanol–water partition coefficient (Wildman–Crippen LogP) is 8.04. The molecule has 1 heterocycles. The summed E-state index contributed by atoms with van der Waals surface area (Å²) in [6.07, 6.45) is 23.6. The van der Waals surface area contributed by atoms with Crippen molar-refractivity contribution < 1.29 is 9.47 Å². The Morgan fingerprint density at radius 1 is 0.897 bits per heavy atom. The lowest BCUT2D eigenvalue weighted by Crippen LogP contribution is -2.16. The van der Waals surface area contributed by atoms with Gasteiger partial charge in [0.05, 0.1) is 6.61 Å². The van der Waals surface area contributed by atoms with Crippen molar-refractivity contribution in [3.63, 3.8) is 0 Å². The highest BCUT2D eigenvalue weighted by Gasteiger charge is 2.40. The molecule has 1 aromatic carbocycles. The Kier molecular flexibility index (Phi) is 12.1. The summed E-state index contributed by atoms with van der Waals surface area (Å²) in [7, 11) is 0. The molecule has 29 heavy (non-hydrogen) atoms. The first-order valence-corrected chi connectivity index (χ1v) is 12.2. The normalized spacial score (nSPS) is 18.4. The molecule has 0 bridgehead atoms. The number of hydrogen-bond acceptors (Lipinski definition) is 2. The van der Waals surface area contributed by atoms with Crippen molar-refractivity contribution in [1.29, 1.82) is 0 Å². The summed E-state index contributed by atoms with van der Waals surface area (Å²) >= 11 is 0. The van der Waals surface area contributed by atoms with Crippen LogP contribution in [0.25, 0.3) is 0 Å². The quantitative estimate of drug-likeness (QED) is 0.141. The molecule has 0 N–H and O–H groups in total. The van der Waals surface area contributed by atoms with Gasteiger partial charge in [0.25, 0.3) is 0 Å². The van der Waals surface area contributed by atoms with Crippen LogP contribution in [-0.2, 0) is 11.2 Å². The molecular formula is C27H44O2. The number of unbranched alkanes of at least 4 members (excludes halogenated alkanes) is 11. The average Bonchev–Trinajstić information content (AvgIpc) is 3.47. The fraction of sp³-hybridized carbons (Fsp3) is 0.704. The second-order valence-electron chi connectivity index (χ2n) is 8.98. The van der Waals surface area contributed by atoms with E-state index in [1.54, 1.807) is 0 Å². The largest absolute Gasteiger partial charge is 0.490 e. The Balaban J connectivity index is 1.37. The maximum atomic E-state index is 5.87. The molecule has 1 saturated heterocycles. The minimum absolute atomic E-state index is 0.0398. The highest BCUT2D eigenvalue weighted by molar-refractivity contribution is 5.28. The van der Waals surface area contributed by atoms with Crippen LogP contribution in [0.2, 0.25) is 0 Å². The van der Waals surface area contributed by atoms with E-state index in [1.165, 1.54) is 95.5 Å². The number of epoxide rings is 1. The van der Waals surface area contributed by atoms with E-state index in [0.717, 1.165) is 12.4 Å². The van der Waals surface area contributed by atoms with E-state index in [0.29, 0.717) is 6.61 Å². The molecule has 1 fully saturated rings. The van der Waals surface area contributed by atoms with Crippen LogP contribution in [0, 0.1) is 0 Å².